The maximum Gasteiger partial charge on any atom is 0.200 e. The molecule has 0 fully saturated rings. The molecule has 0 heterocycles. The van der Waals surface area contributed by atoms with Crippen LogP contribution in [0.4, 0.5) is 11.4 Å². The van der Waals surface area contributed by atoms with Gasteiger partial charge in [0.1, 0.15) is 0 Å². The summed E-state index contributed by atoms with van der Waals surface area (Å²) in [6, 6.07) is 16.3. The molecule has 5 nitrogen and oxygen atoms in total. The standard InChI is InChI=1S/C22H23N3O2/c1-25(16-10-12-19(26-2)20(13-16)27-3)22(23)24-18-11-9-15-8-7-14-5-4-6-17(18)21(14)15/h4-6,9-13H,7-8H2,1-3H3,(H2,23,24). The van der Waals surface area contributed by atoms with Gasteiger partial charge >= 0.3 is 0 Å². The van der Waals surface area contributed by atoms with Crippen molar-refractivity contribution in [3.05, 3.63) is 59.7 Å². The Morgan fingerprint density at radius 1 is 0.963 bits per heavy atom. The van der Waals surface area contributed by atoms with Crippen molar-refractivity contribution in [3.8, 4) is 11.5 Å². The first-order valence-electron chi connectivity index (χ1n) is 8.95. The number of hydrogen-bond acceptors (Lipinski definition) is 3. The van der Waals surface area contributed by atoms with Gasteiger partial charge in [-0.15, -0.1) is 0 Å². The molecular formula is C22H23N3O2. The van der Waals surface area contributed by atoms with Crippen molar-refractivity contribution in [2.75, 3.05) is 26.2 Å². The van der Waals surface area contributed by atoms with Gasteiger partial charge in [0.15, 0.2) is 11.5 Å². The molecule has 0 saturated heterocycles. The van der Waals surface area contributed by atoms with E-state index < -0.39 is 0 Å². The summed E-state index contributed by atoms with van der Waals surface area (Å²) in [7, 11) is 5.12. The summed E-state index contributed by atoms with van der Waals surface area (Å²) >= 11 is 0. The second-order valence-corrected chi connectivity index (χ2v) is 6.65. The molecule has 2 N–H and O–H groups in total. The Bertz CT molecular complexity index is 1030. The zero-order chi connectivity index (χ0) is 19.0. The molecule has 1 aliphatic rings. The Balaban J connectivity index is 1.72. The topological polar surface area (TPSA) is 60.1 Å². The van der Waals surface area contributed by atoms with Crippen LogP contribution in [0, 0.1) is 0 Å². The average molecular weight is 361 g/mol. The van der Waals surface area contributed by atoms with Crippen molar-refractivity contribution in [2.45, 2.75) is 12.8 Å². The number of guanidine groups is 1. The molecule has 3 aromatic rings. The van der Waals surface area contributed by atoms with E-state index in [0.29, 0.717) is 17.5 Å². The molecule has 0 saturated carbocycles. The average Bonchev–Trinajstić information content (AvgIpc) is 3.13. The van der Waals surface area contributed by atoms with Crippen molar-refractivity contribution in [1.29, 1.82) is 0 Å². The number of rotatable bonds is 4. The van der Waals surface area contributed by atoms with E-state index in [0.717, 1.165) is 29.6 Å². The van der Waals surface area contributed by atoms with Crippen LogP contribution in [-0.4, -0.2) is 27.2 Å². The first kappa shape index (κ1) is 17.2. The number of benzene rings is 3. The van der Waals surface area contributed by atoms with Gasteiger partial charge in [-0.1, -0.05) is 24.3 Å². The lowest BCUT2D eigenvalue weighted by atomic mass is 10.0. The highest BCUT2D eigenvalue weighted by Crippen LogP contribution is 2.36. The van der Waals surface area contributed by atoms with Crippen molar-refractivity contribution in [2.24, 2.45) is 10.7 Å². The highest BCUT2D eigenvalue weighted by molar-refractivity contribution is 6.03. The first-order chi connectivity index (χ1) is 13.1. The predicted molar refractivity (Wildman–Crippen MR) is 111 cm³/mol. The van der Waals surface area contributed by atoms with Gasteiger partial charge in [0.05, 0.1) is 19.9 Å². The molecule has 0 amide bonds. The van der Waals surface area contributed by atoms with Gasteiger partial charge in [-0.2, -0.15) is 0 Å². The maximum atomic E-state index is 6.33. The van der Waals surface area contributed by atoms with Crippen LogP contribution in [0.3, 0.4) is 0 Å². The number of nitrogens with zero attached hydrogens (tertiary/aromatic N) is 2. The lowest BCUT2D eigenvalue weighted by molar-refractivity contribution is 0.355. The van der Waals surface area contributed by atoms with Gasteiger partial charge in [0.2, 0.25) is 5.96 Å². The third-order valence-corrected chi connectivity index (χ3v) is 5.19. The summed E-state index contributed by atoms with van der Waals surface area (Å²) in [5, 5.41) is 2.49. The summed E-state index contributed by atoms with van der Waals surface area (Å²) in [6.45, 7) is 0. The molecule has 0 atom stereocenters. The van der Waals surface area contributed by atoms with Crippen molar-refractivity contribution in [1.82, 2.24) is 0 Å². The fourth-order valence-electron chi connectivity index (χ4n) is 3.69. The second-order valence-electron chi connectivity index (χ2n) is 6.65. The summed E-state index contributed by atoms with van der Waals surface area (Å²) in [6.07, 6.45) is 2.20. The van der Waals surface area contributed by atoms with Gasteiger partial charge in [0.25, 0.3) is 0 Å². The summed E-state index contributed by atoms with van der Waals surface area (Å²) in [5.41, 5.74) is 10.9. The molecule has 0 aromatic heterocycles. The minimum atomic E-state index is 0.418. The quantitative estimate of drug-likeness (QED) is 0.563. The lowest BCUT2D eigenvalue weighted by Gasteiger charge is -2.20. The maximum absolute atomic E-state index is 6.33. The van der Waals surface area contributed by atoms with Gasteiger partial charge in [-0.05, 0) is 47.6 Å². The fraction of sp³-hybridized carbons (Fsp3) is 0.227. The molecule has 27 heavy (non-hydrogen) atoms. The number of ether oxygens (including phenoxy) is 2. The molecule has 0 unspecified atom stereocenters. The number of aliphatic imine (C=N–C) groups is 1. The van der Waals surface area contributed by atoms with Crippen LogP contribution < -0.4 is 20.1 Å². The van der Waals surface area contributed by atoms with Crippen LogP contribution in [0.1, 0.15) is 11.1 Å². The first-order valence-corrected chi connectivity index (χ1v) is 8.95. The minimum Gasteiger partial charge on any atom is -0.493 e. The molecule has 3 aromatic carbocycles. The molecular weight excluding hydrogens is 338 g/mol. The molecule has 0 bridgehead atoms. The van der Waals surface area contributed by atoms with Crippen LogP contribution >= 0.6 is 0 Å². The number of nitrogens with two attached hydrogens (primary N) is 1. The third kappa shape index (κ3) is 2.95. The Hall–Kier alpha value is -3.21. The van der Waals surface area contributed by atoms with Gasteiger partial charge in [0, 0.05) is 24.2 Å². The van der Waals surface area contributed by atoms with Crippen LogP contribution in [0.5, 0.6) is 11.5 Å². The number of hydrogen-bond donors (Lipinski definition) is 1. The Kier molecular flexibility index (Phi) is 4.36. The van der Waals surface area contributed by atoms with Gasteiger partial charge in [-0.3, -0.25) is 0 Å². The van der Waals surface area contributed by atoms with Crippen LogP contribution in [-0.2, 0) is 12.8 Å². The van der Waals surface area contributed by atoms with E-state index in [9.17, 15) is 0 Å². The van der Waals surface area contributed by atoms with E-state index in [1.807, 2.05) is 30.1 Å². The fourth-order valence-corrected chi connectivity index (χ4v) is 3.69. The molecule has 0 radical (unpaired) electrons. The van der Waals surface area contributed by atoms with E-state index >= 15 is 0 Å². The van der Waals surface area contributed by atoms with Crippen molar-refractivity contribution < 1.29 is 9.47 Å². The molecule has 138 valence electrons. The lowest BCUT2D eigenvalue weighted by Crippen LogP contribution is -2.33. The van der Waals surface area contributed by atoms with Crippen LogP contribution in [0.25, 0.3) is 10.8 Å². The Morgan fingerprint density at radius 2 is 1.70 bits per heavy atom. The van der Waals surface area contributed by atoms with E-state index in [4.69, 9.17) is 20.2 Å². The van der Waals surface area contributed by atoms with E-state index in [2.05, 4.69) is 30.3 Å². The highest BCUT2D eigenvalue weighted by Gasteiger charge is 2.16. The zero-order valence-corrected chi connectivity index (χ0v) is 15.8. The molecule has 1 aliphatic carbocycles. The van der Waals surface area contributed by atoms with E-state index in [1.54, 1.807) is 14.2 Å². The Morgan fingerprint density at radius 3 is 2.44 bits per heavy atom. The smallest absolute Gasteiger partial charge is 0.200 e. The SMILES string of the molecule is COc1ccc(N(C)C(N)=Nc2ccc3c4c(cccc24)CC3)cc1OC. The van der Waals surface area contributed by atoms with Crippen molar-refractivity contribution in [3.63, 3.8) is 0 Å². The second kappa shape index (κ2) is 6.83. The van der Waals surface area contributed by atoms with E-state index in [-0.39, 0.29) is 0 Å². The van der Waals surface area contributed by atoms with Crippen LogP contribution in [0.15, 0.2) is 53.5 Å². The molecule has 0 spiro atoms. The molecule has 5 heteroatoms. The largest absolute Gasteiger partial charge is 0.493 e. The number of aryl methyl sites for hydroxylation is 2. The molecule has 4 rings (SSSR count). The number of anilines is 1. The zero-order valence-electron chi connectivity index (χ0n) is 15.8. The Labute approximate surface area is 159 Å². The number of methoxy groups -OCH3 is 2. The summed E-state index contributed by atoms with van der Waals surface area (Å²) in [4.78, 5) is 6.56. The van der Waals surface area contributed by atoms with Crippen molar-refractivity contribution >= 4 is 28.1 Å². The minimum absolute atomic E-state index is 0.418. The van der Waals surface area contributed by atoms with Crippen LogP contribution in [0.2, 0.25) is 0 Å². The van der Waals surface area contributed by atoms with Gasteiger partial charge in [-0.25, -0.2) is 4.99 Å². The van der Waals surface area contributed by atoms with Gasteiger partial charge < -0.3 is 20.1 Å². The van der Waals surface area contributed by atoms with E-state index in [1.165, 1.54) is 16.5 Å². The monoisotopic (exact) mass is 361 g/mol. The molecule has 0 aliphatic heterocycles. The third-order valence-electron chi connectivity index (χ3n) is 5.19. The summed E-state index contributed by atoms with van der Waals surface area (Å²) in [5.74, 6) is 1.75. The predicted octanol–water partition coefficient (Wildman–Crippen LogP) is 4.04. The summed E-state index contributed by atoms with van der Waals surface area (Å²) < 4.78 is 10.7. The normalized spacial score (nSPS) is 13.1. The highest BCUT2D eigenvalue weighted by atomic mass is 16.5.